The molecular formula is C15H16FNO2S. The normalized spacial score (nSPS) is 17.5. The summed E-state index contributed by atoms with van der Waals surface area (Å²) in [6.07, 6.45) is 3.46. The number of carbonyl (C=O) groups is 1. The van der Waals surface area contributed by atoms with E-state index in [2.05, 4.69) is 5.32 Å². The second-order valence-corrected chi connectivity index (χ2v) is 6.46. The summed E-state index contributed by atoms with van der Waals surface area (Å²) in [6.45, 7) is 0.266. The lowest BCUT2D eigenvalue weighted by atomic mass is 10.0. The van der Waals surface area contributed by atoms with E-state index in [1.54, 1.807) is 18.2 Å². The Morgan fingerprint density at radius 1 is 1.40 bits per heavy atom. The monoisotopic (exact) mass is 293 g/mol. The number of halogens is 1. The molecule has 3 rings (SSSR count). The van der Waals surface area contributed by atoms with Crippen molar-refractivity contribution in [3.05, 3.63) is 35.0 Å². The Balaban J connectivity index is 1.74. The van der Waals surface area contributed by atoms with Gasteiger partial charge in [0.25, 0.3) is 5.91 Å². The zero-order valence-electron chi connectivity index (χ0n) is 11.0. The molecule has 0 unspecified atom stereocenters. The Kier molecular flexibility index (Phi) is 3.48. The fraction of sp³-hybridized carbons (Fsp3) is 0.400. The maximum absolute atomic E-state index is 13.6. The molecule has 20 heavy (non-hydrogen) atoms. The average Bonchev–Trinajstić information content (AvgIpc) is 3.04. The van der Waals surface area contributed by atoms with E-state index in [4.69, 9.17) is 0 Å². The first kappa shape index (κ1) is 13.5. The smallest absolute Gasteiger partial charge is 0.261 e. The molecule has 1 aromatic carbocycles. The van der Waals surface area contributed by atoms with E-state index >= 15 is 0 Å². The third-order valence-corrected chi connectivity index (χ3v) is 4.94. The second kappa shape index (κ2) is 5.14. The van der Waals surface area contributed by atoms with Crippen LogP contribution in [0.3, 0.4) is 0 Å². The van der Waals surface area contributed by atoms with E-state index in [0.717, 1.165) is 30.4 Å². The summed E-state index contributed by atoms with van der Waals surface area (Å²) in [7, 11) is 0. The van der Waals surface area contributed by atoms with Crippen LogP contribution in [0.1, 0.15) is 35.4 Å². The van der Waals surface area contributed by atoms with Crippen molar-refractivity contribution < 1.29 is 14.3 Å². The predicted octanol–water partition coefficient (Wildman–Crippen LogP) is 3.08. The van der Waals surface area contributed by atoms with Crippen molar-refractivity contribution in [2.75, 3.05) is 6.54 Å². The molecule has 1 saturated carbocycles. The Labute approximate surface area is 120 Å². The van der Waals surface area contributed by atoms with E-state index in [-0.39, 0.29) is 18.3 Å². The van der Waals surface area contributed by atoms with E-state index < -0.39 is 5.60 Å². The van der Waals surface area contributed by atoms with Gasteiger partial charge < -0.3 is 10.4 Å². The Hall–Kier alpha value is -1.46. The Morgan fingerprint density at radius 3 is 2.85 bits per heavy atom. The number of fused-ring (bicyclic) bond motifs is 1. The molecule has 5 heteroatoms. The van der Waals surface area contributed by atoms with Gasteiger partial charge in [-0.2, -0.15) is 0 Å². The van der Waals surface area contributed by atoms with Crippen LogP contribution in [0.4, 0.5) is 4.39 Å². The molecule has 1 amide bonds. The van der Waals surface area contributed by atoms with Crippen molar-refractivity contribution in [1.29, 1.82) is 0 Å². The van der Waals surface area contributed by atoms with Crippen LogP contribution in [-0.2, 0) is 0 Å². The predicted molar refractivity (Wildman–Crippen MR) is 77.5 cm³/mol. The Morgan fingerprint density at radius 2 is 2.15 bits per heavy atom. The van der Waals surface area contributed by atoms with Gasteiger partial charge in [-0.05, 0) is 31.0 Å². The van der Waals surface area contributed by atoms with Crippen molar-refractivity contribution >= 4 is 27.3 Å². The number of hydrogen-bond donors (Lipinski definition) is 2. The van der Waals surface area contributed by atoms with Crippen LogP contribution in [0.5, 0.6) is 0 Å². The summed E-state index contributed by atoms with van der Waals surface area (Å²) >= 11 is 1.27. The quantitative estimate of drug-likeness (QED) is 0.913. The van der Waals surface area contributed by atoms with E-state index in [0.29, 0.717) is 10.3 Å². The molecule has 2 aromatic rings. The Bertz CT molecular complexity index is 646. The highest BCUT2D eigenvalue weighted by atomic mass is 32.1. The van der Waals surface area contributed by atoms with Gasteiger partial charge in [0.05, 0.1) is 10.5 Å². The number of rotatable bonds is 3. The highest BCUT2D eigenvalue weighted by molar-refractivity contribution is 7.20. The number of carbonyl (C=O) groups excluding carboxylic acids is 1. The second-order valence-electron chi connectivity index (χ2n) is 5.38. The van der Waals surface area contributed by atoms with Gasteiger partial charge in [-0.3, -0.25) is 4.79 Å². The first-order chi connectivity index (χ1) is 9.57. The van der Waals surface area contributed by atoms with Crippen molar-refractivity contribution in [2.24, 2.45) is 0 Å². The van der Waals surface area contributed by atoms with Crippen molar-refractivity contribution in [3.63, 3.8) is 0 Å². The summed E-state index contributed by atoms with van der Waals surface area (Å²) in [4.78, 5) is 12.6. The summed E-state index contributed by atoms with van der Waals surface area (Å²) < 4.78 is 14.3. The molecule has 0 saturated heterocycles. The van der Waals surface area contributed by atoms with Gasteiger partial charge in [0.15, 0.2) is 0 Å². The molecule has 106 valence electrons. The molecule has 0 spiro atoms. The molecule has 1 aromatic heterocycles. The van der Waals surface area contributed by atoms with Gasteiger partial charge in [-0.15, -0.1) is 11.3 Å². The lowest BCUT2D eigenvalue weighted by Crippen LogP contribution is -2.40. The van der Waals surface area contributed by atoms with Crippen molar-refractivity contribution in [1.82, 2.24) is 5.32 Å². The molecule has 0 aliphatic heterocycles. The fourth-order valence-corrected chi connectivity index (χ4v) is 3.67. The van der Waals surface area contributed by atoms with Crippen LogP contribution in [-0.4, -0.2) is 23.2 Å². The molecule has 1 aliphatic carbocycles. The van der Waals surface area contributed by atoms with E-state index in [1.807, 2.05) is 0 Å². The SMILES string of the molecule is O=C(NCC1(O)CCCC1)c1cc2c(F)cccc2s1. The van der Waals surface area contributed by atoms with Gasteiger partial charge in [-0.25, -0.2) is 4.39 Å². The number of thiophene rings is 1. The summed E-state index contributed by atoms with van der Waals surface area (Å²) in [6, 6.07) is 6.39. The molecule has 1 fully saturated rings. The third-order valence-electron chi connectivity index (χ3n) is 3.84. The standard InChI is InChI=1S/C15H16FNO2S/c16-11-4-3-5-12-10(11)8-13(20-12)14(18)17-9-15(19)6-1-2-7-15/h3-5,8,19H,1-2,6-7,9H2,(H,17,18). The minimum atomic E-state index is -0.766. The molecular weight excluding hydrogens is 277 g/mol. The molecule has 1 heterocycles. The van der Waals surface area contributed by atoms with Gasteiger partial charge in [-0.1, -0.05) is 18.9 Å². The molecule has 2 N–H and O–H groups in total. The highest BCUT2D eigenvalue weighted by Crippen LogP contribution is 2.30. The number of nitrogens with one attached hydrogen (secondary N) is 1. The molecule has 0 atom stereocenters. The first-order valence-corrected chi connectivity index (χ1v) is 7.58. The zero-order chi connectivity index (χ0) is 14.2. The van der Waals surface area contributed by atoms with Crippen LogP contribution in [0.25, 0.3) is 10.1 Å². The van der Waals surface area contributed by atoms with Crippen LogP contribution < -0.4 is 5.32 Å². The third kappa shape index (κ3) is 2.55. The van der Waals surface area contributed by atoms with Gasteiger partial charge in [0.1, 0.15) is 5.82 Å². The maximum Gasteiger partial charge on any atom is 0.261 e. The lowest BCUT2D eigenvalue weighted by Gasteiger charge is -2.21. The van der Waals surface area contributed by atoms with Gasteiger partial charge >= 0.3 is 0 Å². The van der Waals surface area contributed by atoms with Gasteiger partial charge in [0.2, 0.25) is 0 Å². The van der Waals surface area contributed by atoms with E-state index in [1.165, 1.54) is 17.4 Å². The minimum absolute atomic E-state index is 0.245. The summed E-state index contributed by atoms with van der Waals surface area (Å²) in [5.41, 5.74) is -0.766. The maximum atomic E-state index is 13.6. The summed E-state index contributed by atoms with van der Waals surface area (Å²) in [5.74, 6) is -0.557. The zero-order valence-corrected chi connectivity index (χ0v) is 11.8. The molecule has 0 radical (unpaired) electrons. The van der Waals surface area contributed by atoms with Crippen LogP contribution in [0.15, 0.2) is 24.3 Å². The summed E-state index contributed by atoms with van der Waals surface area (Å²) in [5, 5.41) is 13.4. The van der Waals surface area contributed by atoms with Gasteiger partial charge in [0, 0.05) is 16.6 Å². The van der Waals surface area contributed by atoms with Crippen LogP contribution >= 0.6 is 11.3 Å². The average molecular weight is 293 g/mol. The molecule has 0 bridgehead atoms. The number of amides is 1. The highest BCUT2D eigenvalue weighted by Gasteiger charge is 2.31. The van der Waals surface area contributed by atoms with E-state index in [9.17, 15) is 14.3 Å². The topological polar surface area (TPSA) is 49.3 Å². The minimum Gasteiger partial charge on any atom is -0.388 e. The van der Waals surface area contributed by atoms with Crippen molar-refractivity contribution in [3.8, 4) is 0 Å². The largest absolute Gasteiger partial charge is 0.388 e. The fourth-order valence-electron chi connectivity index (χ4n) is 2.68. The lowest BCUT2D eigenvalue weighted by molar-refractivity contribution is 0.0450. The molecule has 1 aliphatic rings. The number of hydrogen-bond acceptors (Lipinski definition) is 3. The number of aliphatic hydroxyl groups is 1. The molecule has 3 nitrogen and oxygen atoms in total. The van der Waals surface area contributed by atoms with Crippen molar-refractivity contribution in [2.45, 2.75) is 31.3 Å². The number of benzene rings is 1. The first-order valence-electron chi connectivity index (χ1n) is 6.76. The van der Waals surface area contributed by atoms with Crippen LogP contribution in [0, 0.1) is 5.82 Å². The van der Waals surface area contributed by atoms with Crippen LogP contribution in [0.2, 0.25) is 0 Å².